The molecule has 34 heavy (non-hydrogen) atoms. The Balaban J connectivity index is 1.56. The normalized spacial score (nSPS) is 14.1. The minimum Gasteiger partial charge on any atom is -0.466 e. The van der Waals surface area contributed by atoms with Gasteiger partial charge in [-0.05, 0) is 68.8 Å². The first kappa shape index (κ1) is 24.8. The molecule has 2 aromatic rings. The van der Waals surface area contributed by atoms with Crippen LogP contribution in [0.2, 0.25) is 0 Å². The summed E-state index contributed by atoms with van der Waals surface area (Å²) in [4.78, 5) is 40.1. The predicted octanol–water partition coefficient (Wildman–Crippen LogP) is 4.18. The minimum atomic E-state index is -0.508. The summed E-state index contributed by atoms with van der Waals surface area (Å²) in [6, 6.07) is 14.6. The molecule has 0 saturated carbocycles. The molecular weight excluding hydrogens is 434 g/mol. The van der Waals surface area contributed by atoms with Crippen LogP contribution in [0.25, 0.3) is 6.08 Å². The molecule has 0 spiro atoms. The second kappa shape index (κ2) is 10.9. The molecule has 0 radical (unpaired) electrons. The molecule has 2 aromatic carbocycles. The Kier molecular flexibility index (Phi) is 7.94. The number of carbonyl (C=O) groups is 3. The Bertz CT molecular complexity index is 1050. The SMILES string of the molecule is COC(=O)C=Cc1cccc(NC(=O)c2ccc(N3CCN(C(=O)OC(C)(C)C)CC3)cc2)c1. The third kappa shape index (κ3) is 7.10. The summed E-state index contributed by atoms with van der Waals surface area (Å²) >= 11 is 0. The number of nitrogens with zero attached hydrogens (tertiary/aromatic N) is 2. The van der Waals surface area contributed by atoms with Gasteiger partial charge in [0, 0.05) is 49.2 Å². The molecule has 0 aromatic heterocycles. The monoisotopic (exact) mass is 465 g/mol. The molecule has 8 nitrogen and oxygen atoms in total. The van der Waals surface area contributed by atoms with Crippen molar-refractivity contribution in [2.45, 2.75) is 26.4 Å². The van der Waals surface area contributed by atoms with Crippen LogP contribution in [0.4, 0.5) is 16.2 Å². The zero-order valence-electron chi connectivity index (χ0n) is 20.0. The average Bonchev–Trinajstić information content (AvgIpc) is 2.82. The van der Waals surface area contributed by atoms with Crippen LogP contribution in [0.3, 0.4) is 0 Å². The number of carbonyl (C=O) groups excluding carboxylic acids is 3. The summed E-state index contributed by atoms with van der Waals surface area (Å²) in [7, 11) is 1.32. The zero-order chi connectivity index (χ0) is 24.7. The molecule has 1 heterocycles. The quantitative estimate of drug-likeness (QED) is 0.526. The Morgan fingerprint density at radius 2 is 1.65 bits per heavy atom. The Labute approximate surface area is 200 Å². The van der Waals surface area contributed by atoms with Crippen molar-refractivity contribution in [3.63, 3.8) is 0 Å². The van der Waals surface area contributed by atoms with Gasteiger partial charge in [0.1, 0.15) is 5.60 Å². The number of anilines is 2. The van der Waals surface area contributed by atoms with Gasteiger partial charge >= 0.3 is 12.1 Å². The number of amides is 2. The average molecular weight is 466 g/mol. The van der Waals surface area contributed by atoms with Crippen LogP contribution in [-0.2, 0) is 14.3 Å². The van der Waals surface area contributed by atoms with E-state index in [1.165, 1.54) is 13.2 Å². The lowest BCUT2D eigenvalue weighted by atomic mass is 10.1. The third-order valence-corrected chi connectivity index (χ3v) is 5.18. The van der Waals surface area contributed by atoms with Gasteiger partial charge in [0.25, 0.3) is 5.91 Å². The van der Waals surface area contributed by atoms with E-state index in [1.54, 1.807) is 41.3 Å². The van der Waals surface area contributed by atoms with Gasteiger partial charge in [-0.15, -0.1) is 0 Å². The fraction of sp³-hybridized carbons (Fsp3) is 0.346. The van der Waals surface area contributed by atoms with Gasteiger partial charge in [-0.3, -0.25) is 4.79 Å². The third-order valence-electron chi connectivity index (χ3n) is 5.18. The summed E-state index contributed by atoms with van der Waals surface area (Å²) in [6.07, 6.45) is 2.66. The highest BCUT2D eigenvalue weighted by Crippen LogP contribution is 2.20. The van der Waals surface area contributed by atoms with E-state index in [9.17, 15) is 14.4 Å². The van der Waals surface area contributed by atoms with Crippen molar-refractivity contribution in [1.82, 2.24) is 4.90 Å². The number of piperazine rings is 1. The molecule has 0 unspecified atom stereocenters. The van der Waals surface area contributed by atoms with Crippen molar-refractivity contribution >= 4 is 35.4 Å². The molecule has 1 fully saturated rings. The maximum Gasteiger partial charge on any atom is 0.410 e. The smallest absolute Gasteiger partial charge is 0.410 e. The van der Waals surface area contributed by atoms with Gasteiger partial charge in [-0.25, -0.2) is 9.59 Å². The molecule has 1 saturated heterocycles. The maximum absolute atomic E-state index is 12.7. The van der Waals surface area contributed by atoms with Gasteiger partial charge in [-0.2, -0.15) is 0 Å². The predicted molar refractivity (Wildman–Crippen MR) is 132 cm³/mol. The first-order chi connectivity index (χ1) is 16.1. The highest BCUT2D eigenvalue weighted by Gasteiger charge is 2.26. The highest BCUT2D eigenvalue weighted by molar-refractivity contribution is 6.04. The van der Waals surface area contributed by atoms with E-state index < -0.39 is 11.6 Å². The number of esters is 1. The van der Waals surface area contributed by atoms with Crippen molar-refractivity contribution in [1.29, 1.82) is 0 Å². The number of ether oxygens (including phenoxy) is 2. The maximum atomic E-state index is 12.7. The summed E-state index contributed by atoms with van der Waals surface area (Å²) < 4.78 is 10.0. The van der Waals surface area contributed by atoms with Crippen LogP contribution in [0.15, 0.2) is 54.6 Å². The standard InChI is InChI=1S/C26H31N3O5/c1-26(2,3)34-25(32)29-16-14-28(15-17-29)22-11-9-20(10-12-22)24(31)27-21-7-5-6-19(18-21)8-13-23(30)33-4/h5-13,18H,14-17H2,1-4H3,(H,27,31). The molecule has 8 heteroatoms. The first-order valence-electron chi connectivity index (χ1n) is 11.1. The van der Waals surface area contributed by atoms with Crippen LogP contribution in [-0.4, -0.2) is 61.8 Å². The number of hydrogen-bond acceptors (Lipinski definition) is 6. The van der Waals surface area contributed by atoms with Gasteiger partial charge in [0.15, 0.2) is 0 Å². The van der Waals surface area contributed by atoms with E-state index in [4.69, 9.17) is 4.74 Å². The molecule has 1 aliphatic rings. The fourth-order valence-corrected chi connectivity index (χ4v) is 3.45. The Morgan fingerprint density at radius 3 is 2.26 bits per heavy atom. The molecule has 1 N–H and O–H groups in total. The summed E-state index contributed by atoms with van der Waals surface area (Å²) in [5, 5.41) is 2.88. The zero-order valence-corrected chi connectivity index (χ0v) is 20.0. The van der Waals surface area contributed by atoms with Crippen molar-refractivity contribution in [2.75, 3.05) is 43.5 Å². The number of nitrogens with one attached hydrogen (secondary N) is 1. The topological polar surface area (TPSA) is 88.2 Å². The van der Waals surface area contributed by atoms with E-state index >= 15 is 0 Å². The fourth-order valence-electron chi connectivity index (χ4n) is 3.45. The molecule has 0 aliphatic carbocycles. The Morgan fingerprint density at radius 1 is 0.971 bits per heavy atom. The van der Waals surface area contributed by atoms with Crippen LogP contribution in [0.1, 0.15) is 36.7 Å². The van der Waals surface area contributed by atoms with E-state index in [-0.39, 0.29) is 12.0 Å². The number of methoxy groups -OCH3 is 1. The highest BCUT2D eigenvalue weighted by atomic mass is 16.6. The molecule has 2 amide bonds. The van der Waals surface area contributed by atoms with Gasteiger partial charge in [0.2, 0.25) is 0 Å². The lowest BCUT2D eigenvalue weighted by molar-refractivity contribution is -0.134. The van der Waals surface area contributed by atoms with Crippen LogP contribution < -0.4 is 10.2 Å². The molecular formula is C26H31N3O5. The van der Waals surface area contributed by atoms with Crippen LogP contribution in [0, 0.1) is 0 Å². The summed E-state index contributed by atoms with van der Waals surface area (Å²) in [5.41, 5.74) is 2.41. The largest absolute Gasteiger partial charge is 0.466 e. The van der Waals surface area contributed by atoms with Crippen LogP contribution >= 0.6 is 0 Å². The summed E-state index contributed by atoms with van der Waals surface area (Å²) in [5.74, 6) is -0.670. The lowest BCUT2D eigenvalue weighted by Crippen LogP contribution is -2.50. The van der Waals surface area contributed by atoms with Crippen LogP contribution in [0.5, 0.6) is 0 Å². The second-order valence-electron chi connectivity index (χ2n) is 8.94. The molecule has 1 aliphatic heterocycles. The first-order valence-corrected chi connectivity index (χ1v) is 11.1. The van der Waals surface area contributed by atoms with Crippen molar-refractivity contribution in [3.8, 4) is 0 Å². The molecule has 0 bridgehead atoms. The molecule has 180 valence electrons. The lowest BCUT2D eigenvalue weighted by Gasteiger charge is -2.36. The number of rotatable bonds is 5. The van der Waals surface area contributed by atoms with Crippen molar-refractivity contribution < 1.29 is 23.9 Å². The minimum absolute atomic E-state index is 0.226. The molecule has 3 rings (SSSR count). The van der Waals surface area contributed by atoms with Gasteiger partial charge in [-0.1, -0.05) is 12.1 Å². The van der Waals surface area contributed by atoms with Crippen molar-refractivity contribution in [3.05, 3.63) is 65.7 Å². The van der Waals surface area contributed by atoms with E-state index in [0.717, 1.165) is 11.3 Å². The number of hydrogen-bond donors (Lipinski definition) is 1. The Hall–Kier alpha value is -3.81. The van der Waals surface area contributed by atoms with Crippen molar-refractivity contribution in [2.24, 2.45) is 0 Å². The van der Waals surface area contributed by atoms with E-state index in [2.05, 4.69) is 15.0 Å². The second-order valence-corrected chi connectivity index (χ2v) is 8.94. The van der Waals surface area contributed by atoms with Gasteiger partial charge < -0.3 is 24.6 Å². The molecule has 0 atom stereocenters. The summed E-state index contributed by atoms with van der Waals surface area (Å²) in [6.45, 7) is 8.12. The van der Waals surface area contributed by atoms with Gasteiger partial charge in [0.05, 0.1) is 7.11 Å². The number of benzene rings is 2. The van der Waals surface area contributed by atoms with E-state index in [0.29, 0.717) is 37.4 Å². The van der Waals surface area contributed by atoms with E-state index in [1.807, 2.05) is 39.0 Å².